The highest BCUT2D eigenvalue weighted by Crippen LogP contribution is 2.55. The maximum Gasteiger partial charge on any atom is 0.327 e. The number of benzene rings is 1. The predicted molar refractivity (Wildman–Crippen MR) is 120 cm³/mol. The van der Waals surface area contributed by atoms with Crippen molar-refractivity contribution in [3.63, 3.8) is 0 Å². The lowest BCUT2D eigenvalue weighted by molar-refractivity contribution is -0.201. The second-order valence-corrected chi connectivity index (χ2v) is 9.39. The number of amides is 2. The van der Waals surface area contributed by atoms with Gasteiger partial charge in [-0.3, -0.25) is 19.2 Å². The average Bonchev–Trinajstić information content (AvgIpc) is 3.46. The zero-order chi connectivity index (χ0) is 24.7. The van der Waals surface area contributed by atoms with Crippen molar-refractivity contribution in [3.05, 3.63) is 41.5 Å². The van der Waals surface area contributed by atoms with E-state index < -0.39 is 41.8 Å². The minimum absolute atomic E-state index is 0.0353. The number of esters is 1. The molecule has 1 aromatic carbocycles. The number of fused-ring (bicyclic) bond motifs is 4. The van der Waals surface area contributed by atoms with Gasteiger partial charge in [-0.05, 0) is 17.2 Å². The van der Waals surface area contributed by atoms with Crippen molar-refractivity contribution in [2.75, 3.05) is 34.0 Å². The van der Waals surface area contributed by atoms with Gasteiger partial charge in [0.15, 0.2) is 6.04 Å². The van der Waals surface area contributed by atoms with Gasteiger partial charge in [0.2, 0.25) is 11.8 Å². The minimum Gasteiger partial charge on any atom is -0.458 e. The van der Waals surface area contributed by atoms with Gasteiger partial charge >= 0.3 is 5.97 Å². The van der Waals surface area contributed by atoms with E-state index >= 15 is 0 Å². The number of aliphatic hydroxyl groups is 1. The Hall–Kier alpha value is -2.83. The van der Waals surface area contributed by atoms with Gasteiger partial charge in [-0.2, -0.15) is 5.06 Å². The topological polar surface area (TPSA) is 127 Å². The maximum atomic E-state index is 13.4. The van der Waals surface area contributed by atoms with Crippen LogP contribution in [0.5, 0.6) is 0 Å². The smallest absolute Gasteiger partial charge is 0.327 e. The van der Waals surface area contributed by atoms with E-state index in [1.54, 1.807) is 20.2 Å². The Morgan fingerprint density at radius 3 is 2.69 bits per heavy atom. The Labute approximate surface area is 202 Å². The fourth-order valence-electron chi connectivity index (χ4n) is 5.40. The summed E-state index contributed by atoms with van der Waals surface area (Å²) in [6.45, 7) is 0.112. The van der Waals surface area contributed by atoms with Gasteiger partial charge in [0, 0.05) is 33.1 Å². The molecule has 188 valence electrons. The molecule has 2 amide bonds. The molecule has 5 rings (SSSR count). The predicted octanol–water partition coefficient (Wildman–Crippen LogP) is -0.562. The van der Waals surface area contributed by atoms with Crippen molar-refractivity contribution in [2.45, 2.75) is 43.4 Å². The number of nitrogens with zero attached hydrogens (tertiary/aromatic N) is 2. The number of ether oxygens (including phenoxy) is 3. The molecule has 0 aromatic heterocycles. The van der Waals surface area contributed by atoms with Crippen LogP contribution in [0.15, 0.2) is 30.3 Å². The number of hydrogen-bond acceptors (Lipinski definition) is 9. The van der Waals surface area contributed by atoms with E-state index in [1.165, 1.54) is 16.0 Å². The molecule has 11 heteroatoms. The SMILES string of the molecule is CN(C)C(=O)C=Cc1ccc(CN2O[C@@H]3[C@H]4OCO[C@H]4[C@@H]4C[C@]3(C(=O)NCCO)[C@@H]2C(=O)O4)cc1. The standard InChI is InChI=1S/C24H29N3O8/c1-26(2)17(29)8-7-14-3-5-15(6-4-14)12-27-20-22(30)34-16-11-24(20,23(31)25-9-10-28)21(35-27)19-18(16)32-13-33-19/h3-8,16,18-21,28H,9-13H2,1-2H3,(H,25,31)/t16-,18-,19-,20-,21+,24-/m0/s1. The van der Waals surface area contributed by atoms with E-state index in [4.69, 9.17) is 19.0 Å². The number of nitrogens with one attached hydrogen (secondary N) is 1. The first kappa shape index (κ1) is 23.9. The normalized spacial score (nSPS) is 33.5. The van der Waals surface area contributed by atoms with Gasteiger partial charge in [0.05, 0.1) is 13.2 Å². The molecule has 1 aliphatic carbocycles. The highest BCUT2D eigenvalue weighted by Gasteiger charge is 2.74. The van der Waals surface area contributed by atoms with Crippen molar-refractivity contribution in [1.82, 2.24) is 15.3 Å². The summed E-state index contributed by atoms with van der Waals surface area (Å²) < 4.78 is 17.1. The maximum absolute atomic E-state index is 13.4. The number of likely N-dealkylation sites (N-methyl/N-ethyl adjacent to an activating group) is 1. The molecule has 4 aliphatic rings. The molecule has 1 aromatic rings. The molecular formula is C24H29N3O8. The van der Waals surface area contributed by atoms with E-state index in [0.29, 0.717) is 0 Å². The highest BCUT2D eigenvalue weighted by molar-refractivity contribution is 5.93. The molecular weight excluding hydrogens is 458 g/mol. The molecule has 2 bridgehead atoms. The Morgan fingerprint density at radius 2 is 1.97 bits per heavy atom. The second-order valence-electron chi connectivity index (χ2n) is 9.39. The number of carbonyl (C=O) groups excluding carboxylic acids is 3. The highest BCUT2D eigenvalue weighted by atomic mass is 16.8. The minimum atomic E-state index is -1.22. The van der Waals surface area contributed by atoms with Gasteiger partial charge in [-0.25, -0.2) is 0 Å². The van der Waals surface area contributed by atoms with E-state index in [9.17, 15) is 19.5 Å². The van der Waals surface area contributed by atoms with Crippen LogP contribution in [0.25, 0.3) is 6.08 Å². The number of rotatable bonds is 7. The Morgan fingerprint density at radius 1 is 1.23 bits per heavy atom. The van der Waals surface area contributed by atoms with Crippen molar-refractivity contribution in [2.24, 2.45) is 5.41 Å². The van der Waals surface area contributed by atoms with Crippen LogP contribution in [0.3, 0.4) is 0 Å². The van der Waals surface area contributed by atoms with Crippen molar-refractivity contribution >= 4 is 23.9 Å². The van der Waals surface area contributed by atoms with Gasteiger partial charge < -0.3 is 29.5 Å². The van der Waals surface area contributed by atoms with Crippen LogP contribution in [0, 0.1) is 5.41 Å². The number of aliphatic hydroxyl groups excluding tert-OH is 1. The molecule has 0 radical (unpaired) electrons. The third-order valence-electron chi connectivity index (χ3n) is 7.07. The van der Waals surface area contributed by atoms with E-state index in [2.05, 4.69) is 5.32 Å². The summed E-state index contributed by atoms with van der Waals surface area (Å²) in [5, 5.41) is 13.5. The largest absolute Gasteiger partial charge is 0.458 e. The summed E-state index contributed by atoms with van der Waals surface area (Å²) in [5.41, 5.74) is 0.471. The third kappa shape index (κ3) is 4.03. The molecule has 2 N–H and O–H groups in total. The second kappa shape index (κ2) is 9.32. The van der Waals surface area contributed by atoms with Crippen LogP contribution in [-0.2, 0) is 40.0 Å². The van der Waals surface area contributed by atoms with Crippen LogP contribution in [0.1, 0.15) is 17.5 Å². The molecule has 35 heavy (non-hydrogen) atoms. The van der Waals surface area contributed by atoms with Crippen LogP contribution >= 0.6 is 0 Å². The Bertz CT molecular complexity index is 1030. The van der Waals surface area contributed by atoms with Gasteiger partial charge in [-0.15, -0.1) is 0 Å². The molecule has 3 aliphatic heterocycles. The van der Waals surface area contributed by atoms with Gasteiger partial charge in [-0.1, -0.05) is 24.3 Å². The van der Waals surface area contributed by atoms with Crippen LogP contribution < -0.4 is 5.32 Å². The monoisotopic (exact) mass is 487 g/mol. The molecule has 0 unspecified atom stereocenters. The number of hydroxylamine groups is 2. The fraction of sp³-hybridized carbons (Fsp3) is 0.542. The first-order valence-electron chi connectivity index (χ1n) is 11.6. The van der Waals surface area contributed by atoms with Crippen LogP contribution in [0.2, 0.25) is 0 Å². The first-order chi connectivity index (χ1) is 16.8. The van der Waals surface area contributed by atoms with E-state index in [0.717, 1.165) is 11.1 Å². The van der Waals surface area contributed by atoms with Crippen LogP contribution in [0.4, 0.5) is 0 Å². The van der Waals surface area contributed by atoms with Crippen LogP contribution in [-0.4, -0.2) is 97.4 Å². The summed E-state index contributed by atoms with van der Waals surface area (Å²) >= 11 is 0. The summed E-state index contributed by atoms with van der Waals surface area (Å²) in [4.78, 5) is 46.1. The Balaban J connectivity index is 1.40. The first-order valence-corrected chi connectivity index (χ1v) is 11.6. The van der Waals surface area contributed by atoms with Gasteiger partial charge in [0.1, 0.15) is 36.6 Å². The lowest BCUT2D eigenvalue weighted by atomic mass is 9.62. The molecule has 3 heterocycles. The molecule has 4 fully saturated rings. The van der Waals surface area contributed by atoms with Gasteiger partial charge in [0.25, 0.3) is 0 Å². The molecule has 3 saturated heterocycles. The third-order valence-corrected chi connectivity index (χ3v) is 7.07. The number of hydrogen-bond donors (Lipinski definition) is 2. The zero-order valence-corrected chi connectivity index (χ0v) is 19.6. The van der Waals surface area contributed by atoms with Crippen molar-refractivity contribution in [3.8, 4) is 0 Å². The quantitative estimate of drug-likeness (QED) is 0.384. The average molecular weight is 488 g/mol. The van der Waals surface area contributed by atoms with Crippen molar-refractivity contribution in [1.29, 1.82) is 0 Å². The molecule has 1 saturated carbocycles. The Kier molecular flexibility index (Phi) is 6.36. The molecule has 11 nitrogen and oxygen atoms in total. The summed E-state index contributed by atoms with van der Waals surface area (Å²) in [5.74, 6) is -1.03. The summed E-state index contributed by atoms with van der Waals surface area (Å²) in [6, 6.07) is 6.50. The van der Waals surface area contributed by atoms with E-state index in [1.807, 2.05) is 24.3 Å². The molecule has 6 atom stereocenters. The lowest BCUT2D eigenvalue weighted by Gasteiger charge is -2.48. The summed E-state index contributed by atoms with van der Waals surface area (Å²) in [6.07, 6.45) is 1.06. The fourth-order valence-corrected chi connectivity index (χ4v) is 5.40. The number of carbonyl (C=O) groups is 3. The zero-order valence-electron chi connectivity index (χ0n) is 19.6. The lowest BCUT2D eigenvalue weighted by Crippen LogP contribution is -2.69. The summed E-state index contributed by atoms with van der Waals surface area (Å²) in [7, 11) is 3.37. The van der Waals surface area contributed by atoms with Crippen molar-refractivity contribution < 1.29 is 38.5 Å². The van der Waals surface area contributed by atoms with E-state index in [-0.39, 0.29) is 44.7 Å². The molecule has 0 spiro atoms.